The molecular weight excluding hydrogens is 288 g/mol. The molecule has 0 atom stereocenters. The summed E-state index contributed by atoms with van der Waals surface area (Å²) in [5.74, 6) is -0.0832. The molecule has 0 aliphatic rings. The van der Waals surface area contributed by atoms with Crippen molar-refractivity contribution in [3.05, 3.63) is 39.7 Å². The van der Waals surface area contributed by atoms with Gasteiger partial charge in [-0.05, 0) is 26.0 Å². The van der Waals surface area contributed by atoms with Crippen LogP contribution in [0.3, 0.4) is 0 Å². The minimum atomic E-state index is -0.282. The SMILES string of the molecule is Cc1nc(CCNC(=O)c2onc3ncccc23)sc1C. The van der Waals surface area contributed by atoms with E-state index in [-0.39, 0.29) is 11.7 Å². The van der Waals surface area contributed by atoms with Crippen LogP contribution in [-0.4, -0.2) is 27.6 Å². The van der Waals surface area contributed by atoms with E-state index >= 15 is 0 Å². The number of hydrogen-bond acceptors (Lipinski definition) is 6. The number of nitrogens with zero attached hydrogens (tertiary/aromatic N) is 3. The fraction of sp³-hybridized carbons (Fsp3) is 0.286. The fourth-order valence-corrected chi connectivity index (χ4v) is 2.89. The first kappa shape index (κ1) is 13.7. The number of carbonyl (C=O) groups excluding carboxylic acids is 1. The lowest BCUT2D eigenvalue weighted by Gasteiger charge is -2.00. The molecule has 1 N–H and O–H groups in total. The lowest BCUT2D eigenvalue weighted by atomic mass is 10.2. The van der Waals surface area contributed by atoms with Gasteiger partial charge in [-0.1, -0.05) is 5.16 Å². The highest BCUT2D eigenvalue weighted by atomic mass is 32.1. The van der Waals surface area contributed by atoms with Crippen LogP contribution in [0.1, 0.15) is 26.1 Å². The Bertz CT molecular complexity index is 774. The van der Waals surface area contributed by atoms with Gasteiger partial charge in [0.05, 0.1) is 16.1 Å². The first-order valence-electron chi connectivity index (χ1n) is 6.56. The molecule has 0 aliphatic carbocycles. The molecule has 3 aromatic rings. The Kier molecular flexibility index (Phi) is 3.66. The molecule has 3 heterocycles. The van der Waals surface area contributed by atoms with Crippen LogP contribution in [0.25, 0.3) is 11.0 Å². The monoisotopic (exact) mass is 302 g/mol. The van der Waals surface area contributed by atoms with Crippen LogP contribution in [0, 0.1) is 13.8 Å². The maximum Gasteiger partial charge on any atom is 0.290 e. The maximum atomic E-state index is 12.1. The number of thiazole rings is 1. The fourth-order valence-electron chi connectivity index (χ4n) is 1.96. The molecule has 0 aromatic carbocycles. The summed E-state index contributed by atoms with van der Waals surface area (Å²) in [6.07, 6.45) is 2.31. The number of pyridine rings is 1. The molecule has 3 rings (SSSR count). The number of carbonyl (C=O) groups is 1. The Hall–Kier alpha value is -2.28. The van der Waals surface area contributed by atoms with Gasteiger partial charge in [-0.15, -0.1) is 11.3 Å². The van der Waals surface area contributed by atoms with Gasteiger partial charge in [0, 0.05) is 24.0 Å². The van der Waals surface area contributed by atoms with Crippen molar-refractivity contribution in [2.24, 2.45) is 0 Å². The zero-order valence-electron chi connectivity index (χ0n) is 11.7. The van der Waals surface area contributed by atoms with Crippen molar-refractivity contribution in [3.8, 4) is 0 Å². The third-order valence-electron chi connectivity index (χ3n) is 3.16. The van der Waals surface area contributed by atoms with Crippen molar-refractivity contribution in [3.63, 3.8) is 0 Å². The zero-order chi connectivity index (χ0) is 14.8. The predicted molar refractivity (Wildman–Crippen MR) is 79.4 cm³/mol. The van der Waals surface area contributed by atoms with Gasteiger partial charge in [0.25, 0.3) is 5.91 Å². The highest BCUT2D eigenvalue weighted by Gasteiger charge is 2.16. The Morgan fingerprint density at radius 3 is 3.05 bits per heavy atom. The number of aryl methyl sites for hydroxylation is 2. The van der Waals surface area contributed by atoms with E-state index in [0.29, 0.717) is 24.0 Å². The smallest absolute Gasteiger partial charge is 0.290 e. The molecule has 3 aromatic heterocycles. The van der Waals surface area contributed by atoms with Crippen molar-refractivity contribution >= 4 is 28.3 Å². The lowest BCUT2D eigenvalue weighted by molar-refractivity contribution is 0.0920. The summed E-state index contributed by atoms with van der Waals surface area (Å²) in [7, 11) is 0. The highest BCUT2D eigenvalue weighted by Crippen LogP contribution is 2.17. The normalized spacial score (nSPS) is 11.0. The average Bonchev–Trinajstić information content (AvgIpc) is 3.03. The number of hydrogen-bond donors (Lipinski definition) is 1. The summed E-state index contributed by atoms with van der Waals surface area (Å²) in [4.78, 5) is 21.8. The summed E-state index contributed by atoms with van der Waals surface area (Å²) >= 11 is 1.66. The summed E-state index contributed by atoms with van der Waals surface area (Å²) < 4.78 is 5.07. The van der Waals surface area contributed by atoms with Crippen LogP contribution >= 0.6 is 11.3 Å². The van der Waals surface area contributed by atoms with E-state index in [9.17, 15) is 4.79 Å². The Morgan fingerprint density at radius 2 is 2.29 bits per heavy atom. The van der Waals surface area contributed by atoms with Gasteiger partial charge in [0.15, 0.2) is 0 Å². The lowest BCUT2D eigenvalue weighted by Crippen LogP contribution is -2.25. The summed E-state index contributed by atoms with van der Waals surface area (Å²) in [5, 5.41) is 8.23. The van der Waals surface area contributed by atoms with E-state index in [1.54, 1.807) is 29.7 Å². The van der Waals surface area contributed by atoms with Crippen molar-refractivity contribution in [2.75, 3.05) is 6.54 Å². The second kappa shape index (κ2) is 5.61. The summed E-state index contributed by atoms with van der Waals surface area (Å²) in [6, 6.07) is 3.51. The predicted octanol–water partition coefficient (Wildman–Crippen LogP) is 2.27. The topological polar surface area (TPSA) is 80.9 Å². The quantitative estimate of drug-likeness (QED) is 0.799. The highest BCUT2D eigenvalue weighted by molar-refractivity contribution is 7.11. The zero-order valence-corrected chi connectivity index (χ0v) is 12.5. The van der Waals surface area contributed by atoms with Crippen LogP contribution in [0.15, 0.2) is 22.9 Å². The Morgan fingerprint density at radius 1 is 1.43 bits per heavy atom. The van der Waals surface area contributed by atoms with Gasteiger partial charge in [0.2, 0.25) is 11.4 Å². The van der Waals surface area contributed by atoms with Crippen LogP contribution in [0.5, 0.6) is 0 Å². The van der Waals surface area contributed by atoms with E-state index in [1.165, 1.54) is 4.88 Å². The summed E-state index contributed by atoms with van der Waals surface area (Å²) in [5.41, 5.74) is 1.49. The van der Waals surface area contributed by atoms with Crippen LogP contribution < -0.4 is 5.32 Å². The molecule has 21 heavy (non-hydrogen) atoms. The number of rotatable bonds is 4. The largest absolute Gasteiger partial charge is 0.349 e. The van der Waals surface area contributed by atoms with E-state index < -0.39 is 0 Å². The molecule has 108 valence electrons. The van der Waals surface area contributed by atoms with Crippen molar-refractivity contribution in [2.45, 2.75) is 20.3 Å². The summed E-state index contributed by atoms with van der Waals surface area (Å²) in [6.45, 7) is 4.54. The van der Waals surface area contributed by atoms with Crippen molar-refractivity contribution in [1.82, 2.24) is 20.4 Å². The van der Waals surface area contributed by atoms with Crippen LogP contribution in [-0.2, 0) is 6.42 Å². The molecule has 0 aliphatic heterocycles. The van der Waals surface area contributed by atoms with E-state index in [1.807, 2.05) is 13.8 Å². The number of amides is 1. The molecule has 0 radical (unpaired) electrons. The first-order valence-corrected chi connectivity index (χ1v) is 7.38. The second-order valence-electron chi connectivity index (χ2n) is 4.64. The number of aromatic nitrogens is 3. The molecular formula is C14H14N4O2S. The molecule has 1 amide bonds. The molecule has 0 bridgehead atoms. The number of fused-ring (bicyclic) bond motifs is 1. The molecule has 0 unspecified atom stereocenters. The van der Waals surface area contributed by atoms with Crippen molar-refractivity contribution < 1.29 is 9.32 Å². The van der Waals surface area contributed by atoms with Gasteiger partial charge in [-0.2, -0.15) is 0 Å². The third-order valence-corrected chi connectivity index (χ3v) is 4.29. The second-order valence-corrected chi connectivity index (χ2v) is 5.93. The molecule has 0 spiro atoms. The Labute approximate surface area is 125 Å². The van der Waals surface area contributed by atoms with Gasteiger partial charge in [-0.3, -0.25) is 4.79 Å². The van der Waals surface area contributed by atoms with Crippen molar-refractivity contribution in [1.29, 1.82) is 0 Å². The van der Waals surface area contributed by atoms with Gasteiger partial charge >= 0.3 is 0 Å². The van der Waals surface area contributed by atoms with E-state index in [4.69, 9.17) is 4.52 Å². The molecule has 6 nitrogen and oxygen atoms in total. The first-order chi connectivity index (χ1) is 10.1. The van der Waals surface area contributed by atoms with Gasteiger partial charge in [0.1, 0.15) is 0 Å². The van der Waals surface area contributed by atoms with E-state index in [0.717, 1.165) is 10.7 Å². The molecule has 0 saturated heterocycles. The minimum Gasteiger partial charge on any atom is -0.349 e. The third kappa shape index (κ3) is 2.78. The number of nitrogens with one attached hydrogen (secondary N) is 1. The van der Waals surface area contributed by atoms with Gasteiger partial charge < -0.3 is 9.84 Å². The standard InChI is InChI=1S/C14H14N4O2S/c1-8-9(2)21-11(17-8)5-7-16-14(19)12-10-4-3-6-15-13(10)18-20-12/h3-4,6H,5,7H2,1-2H3,(H,16,19). The van der Waals surface area contributed by atoms with E-state index in [2.05, 4.69) is 20.4 Å². The van der Waals surface area contributed by atoms with Gasteiger partial charge in [-0.25, -0.2) is 9.97 Å². The minimum absolute atomic E-state index is 0.199. The van der Waals surface area contributed by atoms with Crippen LogP contribution in [0.4, 0.5) is 0 Å². The maximum absolute atomic E-state index is 12.1. The average molecular weight is 302 g/mol. The molecule has 0 saturated carbocycles. The molecule has 0 fully saturated rings. The molecule has 7 heteroatoms. The van der Waals surface area contributed by atoms with Crippen LogP contribution in [0.2, 0.25) is 0 Å². The Balaban J connectivity index is 1.64.